The van der Waals surface area contributed by atoms with E-state index in [9.17, 15) is 9.59 Å². The average molecular weight is 445 g/mol. The van der Waals surface area contributed by atoms with Crippen molar-refractivity contribution >= 4 is 29.0 Å². The van der Waals surface area contributed by atoms with Gasteiger partial charge in [0, 0.05) is 67.8 Å². The summed E-state index contributed by atoms with van der Waals surface area (Å²) in [6, 6.07) is 13.4. The van der Waals surface area contributed by atoms with Crippen LogP contribution in [-0.4, -0.2) is 44.3 Å². The number of likely N-dealkylation sites (tertiary alicyclic amines) is 1. The number of anilines is 3. The van der Waals surface area contributed by atoms with E-state index in [1.54, 1.807) is 19.3 Å². The van der Waals surface area contributed by atoms with Crippen LogP contribution in [0.2, 0.25) is 0 Å². The first kappa shape index (κ1) is 22.4. The summed E-state index contributed by atoms with van der Waals surface area (Å²) in [4.78, 5) is 39.3. The van der Waals surface area contributed by atoms with Gasteiger partial charge >= 0.3 is 0 Å². The van der Waals surface area contributed by atoms with E-state index in [4.69, 9.17) is 9.97 Å². The van der Waals surface area contributed by atoms with Crippen LogP contribution in [0, 0.1) is 0 Å². The normalized spacial score (nSPS) is 18.0. The van der Waals surface area contributed by atoms with E-state index >= 15 is 0 Å². The molecular formula is C25H28N6O2. The smallest absolute Gasteiger partial charge is 0.221 e. The number of piperidine rings is 1. The fourth-order valence-corrected chi connectivity index (χ4v) is 4.16. The number of nitrogens with one attached hydrogen (secondary N) is 2. The quantitative estimate of drug-likeness (QED) is 0.607. The van der Waals surface area contributed by atoms with Gasteiger partial charge in [-0.2, -0.15) is 0 Å². The molecule has 0 unspecified atom stereocenters. The molecule has 0 radical (unpaired) electrons. The summed E-state index contributed by atoms with van der Waals surface area (Å²) in [6.45, 7) is 5.78. The molecule has 0 saturated carbocycles. The van der Waals surface area contributed by atoms with E-state index in [1.807, 2.05) is 47.4 Å². The molecule has 1 aliphatic rings. The number of carbonyl (C=O) groups is 2. The standard InChI is InChI=1S/C25H28N6O2/c1-16-9-10-20(15-31(16)18(3)33)25-29-23(19-6-5-11-26-14-19)13-24(30-25)28-22-8-4-7-21(12-22)27-17(2)32/h4-8,11-14,16,20H,9-10,15H2,1-3H3,(H,27,32)(H,28,29,30)/t16-,20+/m0/s1. The number of amides is 2. The highest BCUT2D eigenvalue weighted by molar-refractivity contribution is 5.89. The monoisotopic (exact) mass is 444 g/mol. The fraction of sp³-hybridized carbons (Fsp3) is 0.320. The van der Waals surface area contributed by atoms with Crippen molar-refractivity contribution in [2.45, 2.75) is 45.6 Å². The third-order valence-electron chi connectivity index (χ3n) is 5.81. The van der Waals surface area contributed by atoms with Gasteiger partial charge in [-0.05, 0) is 50.1 Å². The number of carbonyl (C=O) groups excluding carboxylic acids is 2. The molecule has 170 valence electrons. The van der Waals surface area contributed by atoms with Crippen molar-refractivity contribution in [3.63, 3.8) is 0 Å². The summed E-state index contributed by atoms with van der Waals surface area (Å²) in [5.41, 5.74) is 3.16. The Morgan fingerprint density at radius 1 is 1.03 bits per heavy atom. The van der Waals surface area contributed by atoms with Crippen LogP contribution >= 0.6 is 0 Å². The molecule has 2 amide bonds. The highest BCUT2D eigenvalue weighted by Gasteiger charge is 2.30. The van der Waals surface area contributed by atoms with E-state index in [1.165, 1.54) is 6.92 Å². The van der Waals surface area contributed by atoms with Crippen LogP contribution in [0.3, 0.4) is 0 Å². The van der Waals surface area contributed by atoms with Crippen LogP contribution in [-0.2, 0) is 9.59 Å². The molecule has 33 heavy (non-hydrogen) atoms. The fourth-order valence-electron chi connectivity index (χ4n) is 4.16. The molecule has 1 aliphatic heterocycles. The van der Waals surface area contributed by atoms with Gasteiger partial charge in [0.15, 0.2) is 0 Å². The molecule has 0 bridgehead atoms. The average Bonchev–Trinajstić information content (AvgIpc) is 2.79. The zero-order valence-corrected chi connectivity index (χ0v) is 19.1. The first-order valence-corrected chi connectivity index (χ1v) is 11.1. The van der Waals surface area contributed by atoms with Crippen LogP contribution in [0.1, 0.15) is 45.4 Å². The first-order chi connectivity index (χ1) is 15.9. The minimum Gasteiger partial charge on any atom is -0.340 e. The lowest BCUT2D eigenvalue weighted by Gasteiger charge is -2.37. The summed E-state index contributed by atoms with van der Waals surface area (Å²) in [5, 5.41) is 6.14. The van der Waals surface area contributed by atoms with E-state index in [-0.39, 0.29) is 23.8 Å². The predicted molar refractivity (Wildman–Crippen MR) is 128 cm³/mol. The van der Waals surface area contributed by atoms with Crippen molar-refractivity contribution in [1.82, 2.24) is 19.9 Å². The van der Waals surface area contributed by atoms with Gasteiger partial charge in [0.2, 0.25) is 11.8 Å². The number of nitrogens with zero attached hydrogens (tertiary/aromatic N) is 4. The molecule has 0 spiro atoms. The summed E-state index contributed by atoms with van der Waals surface area (Å²) in [7, 11) is 0. The second-order valence-electron chi connectivity index (χ2n) is 8.42. The first-order valence-electron chi connectivity index (χ1n) is 11.1. The molecule has 1 fully saturated rings. The lowest BCUT2D eigenvalue weighted by molar-refractivity contribution is -0.132. The molecule has 1 saturated heterocycles. The molecule has 3 heterocycles. The SMILES string of the molecule is CC(=O)Nc1cccc(Nc2cc(-c3cccnc3)nc([C@@H]3CC[C@H](C)N(C(C)=O)C3)n2)c1. The third kappa shape index (κ3) is 5.52. The summed E-state index contributed by atoms with van der Waals surface area (Å²) in [6.07, 6.45) is 5.33. The Balaban J connectivity index is 1.69. The van der Waals surface area contributed by atoms with E-state index in [2.05, 4.69) is 22.5 Å². The maximum atomic E-state index is 12.1. The Morgan fingerprint density at radius 2 is 1.85 bits per heavy atom. The minimum absolute atomic E-state index is 0.0491. The lowest BCUT2D eigenvalue weighted by atomic mass is 9.92. The van der Waals surface area contributed by atoms with Gasteiger partial charge < -0.3 is 15.5 Å². The molecule has 2 aromatic heterocycles. The highest BCUT2D eigenvalue weighted by Crippen LogP contribution is 2.31. The van der Waals surface area contributed by atoms with Crippen LogP contribution in [0.25, 0.3) is 11.3 Å². The van der Waals surface area contributed by atoms with Gasteiger partial charge in [0.05, 0.1) is 5.69 Å². The molecule has 2 atom stereocenters. The Morgan fingerprint density at radius 3 is 2.58 bits per heavy atom. The Hall–Kier alpha value is -3.81. The van der Waals surface area contributed by atoms with Crippen LogP contribution in [0.4, 0.5) is 17.2 Å². The number of hydrogen-bond acceptors (Lipinski definition) is 6. The second-order valence-corrected chi connectivity index (χ2v) is 8.42. The maximum absolute atomic E-state index is 12.1. The van der Waals surface area contributed by atoms with Crippen molar-refractivity contribution in [1.29, 1.82) is 0 Å². The summed E-state index contributed by atoms with van der Waals surface area (Å²) in [5.74, 6) is 1.34. The predicted octanol–water partition coefficient (Wildman–Crippen LogP) is 4.36. The zero-order valence-electron chi connectivity index (χ0n) is 19.1. The van der Waals surface area contributed by atoms with Gasteiger partial charge in [-0.3, -0.25) is 14.6 Å². The zero-order chi connectivity index (χ0) is 23.4. The Bertz CT molecular complexity index is 1150. The van der Waals surface area contributed by atoms with Gasteiger partial charge in [0.25, 0.3) is 0 Å². The van der Waals surface area contributed by atoms with Gasteiger partial charge in [0.1, 0.15) is 11.6 Å². The number of benzene rings is 1. The lowest BCUT2D eigenvalue weighted by Crippen LogP contribution is -2.44. The molecule has 4 rings (SSSR count). The van der Waals surface area contributed by atoms with Gasteiger partial charge in [-0.1, -0.05) is 6.07 Å². The Kier molecular flexibility index (Phi) is 6.63. The molecule has 8 heteroatoms. The van der Waals surface area contributed by atoms with Crippen molar-refractivity contribution in [2.75, 3.05) is 17.2 Å². The van der Waals surface area contributed by atoms with Crippen LogP contribution in [0.5, 0.6) is 0 Å². The van der Waals surface area contributed by atoms with Crippen LogP contribution < -0.4 is 10.6 Å². The van der Waals surface area contributed by atoms with Crippen molar-refractivity contribution in [3.05, 3.63) is 60.7 Å². The van der Waals surface area contributed by atoms with Crippen LogP contribution in [0.15, 0.2) is 54.9 Å². The Labute approximate surface area is 193 Å². The minimum atomic E-state index is -0.128. The van der Waals surface area contributed by atoms with E-state index in [0.717, 1.165) is 29.8 Å². The topological polar surface area (TPSA) is 100 Å². The van der Waals surface area contributed by atoms with Gasteiger partial charge in [-0.15, -0.1) is 0 Å². The maximum Gasteiger partial charge on any atom is 0.221 e. The van der Waals surface area contributed by atoms with Crippen molar-refractivity contribution < 1.29 is 9.59 Å². The molecule has 0 aliphatic carbocycles. The van der Waals surface area contributed by atoms with Gasteiger partial charge in [-0.25, -0.2) is 9.97 Å². The van der Waals surface area contributed by atoms with Crippen molar-refractivity contribution in [3.8, 4) is 11.3 Å². The molecule has 1 aromatic carbocycles. The summed E-state index contributed by atoms with van der Waals surface area (Å²) >= 11 is 0. The number of pyridine rings is 1. The number of rotatable bonds is 5. The van der Waals surface area contributed by atoms with E-state index < -0.39 is 0 Å². The van der Waals surface area contributed by atoms with Crippen molar-refractivity contribution in [2.24, 2.45) is 0 Å². The molecule has 8 nitrogen and oxygen atoms in total. The molecule has 3 aromatic rings. The number of aromatic nitrogens is 3. The highest BCUT2D eigenvalue weighted by atomic mass is 16.2. The summed E-state index contributed by atoms with van der Waals surface area (Å²) < 4.78 is 0. The molecular weight excluding hydrogens is 416 g/mol. The third-order valence-corrected chi connectivity index (χ3v) is 5.81. The largest absolute Gasteiger partial charge is 0.340 e. The number of hydrogen-bond donors (Lipinski definition) is 2. The molecule has 2 N–H and O–H groups in total. The van der Waals surface area contributed by atoms with E-state index in [0.29, 0.717) is 23.9 Å². The second kappa shape index (κ2) is 9.77.